The van der Waals surface area contributed by atoms with Crippen LogP contribution in [0.2, 0.25) is 0 Å². The van der Waals surface area contributed by atoms with Gasteiger partial charge in [0.05, 0.1) is 5.56 Å². The summed E-state index contributed by atoms with van der Waals surface area (Å²) in [5, 5.41) is 10.9. The van der Waals surface area contributed by atoms with E-state index >= 15 is 0 Å². The molecule has 0 radical (unpaired) electrons. The molecule has 0 bridgehead atoms. The average molecular weight is 366 g/mol. The second kappa shape index (κ2) is 7.57. The van der Waals surface area contributed by atoms with Crippen LogP contribution in [0.1, 0.15) is 36.8 Å². The molecule has 0 fully saturated rings. The number of anilines is 1. The fraction of sp³-hybridized carbons (Fsp3) is 0.300. The van der Waals surface area contributed by atoms with E-state index in [-0.39, 0.29) is 23.9 Å². The van der Waals surface area contributed by atoms with Crippen LogP contribution in [0.4, 0.5) is 5.69 Å². The van der Waals surface area contributed by atoms with Gasteiger partial charge in [0.2, 0.25) is 17.7 Å². The van der Waals surface area contributed by atoms with E-state index in [1.54, 1.807) is 12.3 Å². The van der Waals surface area contributed by atoms with Gasteiger partial charge in [-0.3, -0.25) is 9.59 Å². The molecule has 1 N–H and O–H groups in total. The van der Waals surface area contributed by atoms with Crippen molar-refractivity contribution in [2.45, 2.75) is 40.2 Å². The Balaban J connectivity index is 1.81. The lowest BCUT2D eigenvalue weighted by Crippen LogP contribution is -2.27. The first-order valence-corrected chi connectivity index (χ1v) is 8.75. The molecule has 1 amide bonds. The number of rotatable bonds is 5. The number of aryl methyl sites for hydroxylation is 2. The summed E-state index contributed by atoms with van der Waals surface area (Å²) in [4.78, 5) is 24.6. The first-order valence-electron chi connectivity index (χ1n) is 8.75. The number of aromatic nitrogens is 3. The summed E-state index contributed by atoms with van der Waals surface area (Å²) in [7, 11) is 0. The number of hydrogen-bond acceptors (Lipinski definition) is 5. The SMILES string of the molecule is Cc1ccc(C)c(NC(=O)Cn2cc(-c3nnc(C(C)C)o3)ccc2=O)c1. The van der Waals surface area contributed by atoms with Gasteiger partial charge in [0.15, 0.2) is 0 Å². The summed E-state index contributed by atoms with van der Waals surface area (Å²) < 4.78 is 6.95. The predicted molar refractivity (Wildman–Crippen MR) is 103 cm³/mol. The highest BCUT2D eigenvalue weighted by Crippen LogP contribution is 2.20. The fourth-order valence-corrected chi connectivity index (χ4v) is 2.58. The molecule has 0 aliphatic heterocycles. The molecule has 140 valence electrons. The normalized spacial score (nSPS) is 11.0. The second-order valence-corrected chi connectivity index (χ2v) is 6.85. The molecular formula is C20H22N4O3. The summed E-state index contributed by atoms with van der Waals surface area (Å²) in [5.74, 6) is 0.676. The highest BCUT2D eigenvalue weighted by Gasteiger charge is 2.13. The smallest absolute Gasteiger partial charge is 0.251 e. The number of nitrogens with zero attached hydrogens (tertiary/aromatic N) is 3. The van der Waals surface area contributed by atoms with Crippen molar-refractivity contribution in [2.75, 3.05) is 5.32 Å². The van der Waals surface area contributed by atoms with Gasteiger partial charge in [-0.05, 0) is 37.1 Å². The lowest BCUT2D eigenvalue weighted by atomic mass is 10.1. The van der Waals surface area contributed by atoms with Crippen LogP contribution >= 0.6 is 0 Å². The zero-order chi connectivity index (χ0) is 19.6. The number of hydrogen-bond donors (Lipinski definition) is 1. The third-order valence-electron chi connectivity index (χ3n) is 4.15. The Morgan fingerprint density at radius 1 is 1.19 bits per heavy atom. The van der Waals surface area contributed by atoms with Crippen LogP contribution < -0.4 is 10.9 Å². The molecule has 3 aromatic rings. The quantitative estimate of drug-likeness (QED) is 0.748. The minimum Gasteiger partial charge on any atom is -0.420 e. The predicted octanol–water partition coefficient (Wildman–Crippen LogP) is 3.28. The number of carbonyl (C=O) groups is 1. The number of benzene rings is 1. The molecule has 0 saturated carbocycles. The summed E-state index contributed by atoms with van der Waals surface area (Å²) in [6.07, 6.45) is 1.56. The molecule has 27 heavy (non-hydrogen) atoms. The van der Waals surface area contributed by atoms with Crippen LogP contribution in [-0.4, -0.2) is 20.7 Å². The molecule has 0 atom stereocenters. The Kier molecular flexibility index (Phi) is 5.21. The molecule has 1 aromatic carbocycles. The number of amides is 1. The molecule has 7 nitrogen and oxygen atoms in total. The van der Waals surface area contributed by atoms with Gasteiger partial charge < -0.3 is 14.3 Å². The molecule has 2 heterocycles. The summed E-state index contributed by atoms with van der Waals surface area (Å²) in [5.41, 5.74) is 3.06. The third-order valence-corrected chi connectivity index (χ3v) is 4.15. The molecule has 0 spiro atoms. The van der Waals surface area contributed by atoms with E-state index in [1.807, 2.05) is 45.9 Å². The van der Waals surface area contributed by atoms with Crippen molar-refractivity contribution in [2.24, 2.45) is 0 Å². The number of nitrogens with one attached hydrogen (secondary N) is 1. The van der Waals surface area contributed by atoms with Crippen molar-refractivity contribution in [3.8, 4) is 11.5 Å². The zero-order valence-electron chi connectivity index (χ0n) is 15.8. The van der Waals surface area contributed by atoms with E-state index in [0.717, 1.165) is 16.8 Å². The van der Waals surface area contributed by atoms with Gasteiger partial charge >= 0.3 is 0 Å². The molecule has 3 rings (SSSR count). The van der Waals surface area contributed by atoms with Gasteiger partial charge in [-0.2, -0.15) is 0 Å². The van der Waals surface area contributed by atoms with Crippen molar-refractivity contribution in [1.29, 1.82) is 0 Å². The fourth-order valence-electron chi connectivity index (χ4n) is 2.58. The summed E-state index contributed by atoms with van der Waals surface area (Å²) in [6, 6.07) is 8.82. The van der Waals surface area contributed by atoms with Crippen molar-refractivity contribution in [1.82, 2.24) is 14.8 Å². The van der Waals surface area contributed by atoms with Crippen LogP contribution in [0.15, 0.2) is 45.7 Å². The molecule has 0 aliphatic rings. The van der Waals surface area contributed by atoms with Crippen molar-refractivity contribution in [3.05, 3.63) is 63.9 Å². The van der Waals surface area contributed by atoms with Gasteiger partial charge in [-0.25, -0.2) is 0 Å². The minimum atomic E-state index is -0.281. The largest absolute Gasteiger partial charge is 0.420 e. The Labute approximate surface area is 157 Å². The van der Waals surface area contributed by atoms with Gasteiger partial charge in [0, 0.05) is 23.9 Å². The second-order valence-electron chi connectivity index (χ2n) is 6.85. The summed E-state index contributed by atoms with van der Waals surface area (Å²) >= 11 is 0. The molecule has 7 heteroatoms. The summed E-state index contributed by atoms with van der Waals surface area (Å²) in [6.45, 7) is 7.68. The zero-order valence-corrected chi connectivity index (χ0v) is 15.8. The Bertz CT molecular complexity index is 1030. The Morgan fingerprint density at radius 2 is 1.96 bits per heavy atom. The van der Waals surface area contributed by atoms with Crippen LogP contribution in [0.5, 0.6) is 0 Å². The van der Waals surface area contributed by atoms with E-state index in [9.17, 15) is 9.59 Å². The van der Waals surface area contributed by atoms with E-state index in [1.165, 1.54) is 10.6 Å². The van der Waals surface area contributed by atoms with Crippen LogP contribution in [0.3, 0.4) is 0 Å². The number of pyridine rings is 1. The van der Waals surface area contributed by atoms with Gasteiger partial charge in [-0.1, -0.05) is 26.0 Å². The molecule has 0 aliphatic carbocycles. The maximum Gasteiger partial charge on any atom is 0.251 e. The molecular weight excluding hydrogens is 344 g/mol. The van der Waals surface area contributed by atoms with Gasteiger partial charge in [-0.15, -0.1) is 10.2 Å². The third kappa shape index (κ3) is 4.31. The first-order chi connectivity index (χ1) is 12.8. The molecule has 2 aromatic heterocycles. The Hall–Kier alpha value is -3.22. The maximum absolute atomic E-state index is 12.4. The van der Waals surface area contributed by atoms with Crippen molar-refractivity contribution in [3.63, 3.8) is 0 Å². The lowest BCUT2D eigenvalue weighted by Gasteiger charge is -2.11. The maximum atomic E-state index is 12.4. The van der Waals surface area contributed by atoms with E-state index in [2.05, 4.69) is 15.5 Å². The van der Waals surface area contributed by atoms with Crippen molar-refractivity contribution >= 4 is 11.6 Å². The van der Waals surface area contributed by atoms with E-state index < -0.39 is 0 Å². The highest BCUT2D eigenvalue weighted by molar-refractivity contribution is 5.91. The molecule has 0 saturated heterocycles. The minimum absolute atomic E-state index is 0.106. The van der Waals surface area contributed by atoms with Crippen LogP contribution in [0.25, 0.3) is 11.5 Å². The van der Waals surface area contributed by atoms with Gasteiger partial charge in [0.1, 0.15) is 6.54 Å². The van der Waals surface area contributed by atoms with Gasteiger partial charge in [0.25, 0.3) is 5.56 Å². The number of carbonyl (C=O) groups excluding carboxylic acids is 1. The standard InChI is InChI=1S/C20H22N4O3/c1-12(2)19-22-23-20(27-19)15-7-8-18(26)24(10-15)11-17(25)21-16-9-13(3)5-6-14(16)4/h5-10,12H,11H2,1-4H3,(H,21,25). The van der Waals surface area contributed by atoms with E-state index in [4.69, 9.17) is 4.42 Å². The highest BCUT2D eigenvalue weighted by atomic mass is 16.4. The van der Waals surface area contributed by atoms with Crippen LogP contribution in [0, 0.1) is 13.8 Å². The molecule has 0 unspecified atom stereocenters. The Morgan fingerprint density at radius 3 is 2.67 bits per heavy atom. The lowest BCUT2D eigenvalue weighted by molar-refractivity contribution is -0.116. The monoisotopic (exact) mass is 366 g/mol. The first kappa shape index (κ1) is 18.6. The average Bonchev–Trinajstić information content (AvgIpc) is 3.10. The van der Waals surface area contributed by atoms with E-state index in [0.29, 0.717) is 17.3 Å². The van der Waals surface area contributed by atoms with Crippen molar-refractivity contribution < 1.29 is 9.21 Å². The van der Waals surface area contributed by atoms with Crippen LogP contribution in [-0.2, 0) is 11.3 Å². The topological polar surface area (TPSA) is 90.0 Å².